The van der Waals surface area contributed by atoms with Gasteiger partial charge in [-0.2, -0.15) is 0 Å². The van der Waals surface area contributed by atoms with E-state index >= 15 is 0 Å². The molecular formula is C17H25ClN2O2. The Bertz CT molecular complexity index is 520. The normalized spacial score (nSPS) is 10.4. The zero-order valence-electron chi connectivity index (χ0n) is 13.8. The topological polar surface area (TPSA) is 49.4 Å². The molecule has 0 heterocycles. The van der Waals surface area contributed by atoms with Crippen molar-refractivity contribution in [2.75, 3.05) is 18.4 Å². The summed E-state index contributed by atoms with van der Waals surface area (Å²) in [6, 6.07) is 3.78. The Balaban J connectivity index is 2.70. The smallest absolute Gasteiger partial charge is 0.244 e. The summed E-state index contributed by atoms with van der Waals surface area (Å²) < 4.78 is 0. The minimum atomic E-state index is -0.222. The maximum Gasteiger partial charge on any atom is 0.244 e. The fourth-order valence-electron chi connectivity index (χ4n) is 2.33. The Kier molecular flexibility index (Phi) is 7.39. The lowest BCUT2D eigenvalue weighted by Gasteiger charge is -2.21. The van der Waals surface area contributed by atoms with Gasteiger partial charge in [0.15, 0.2) is 0 Å². The van der Waals surface area contributed by atoms with Crippen molar-refractivity contribution in [2.45, 2.75) is 47.0 Å². The average molecular weight is 325 g/mol. The summed E-state index contributed by atoms with van der Waals surface area (Å²) in [5.41, 5.74) is 2.58. The number of nitrogens with one attached hydrogen (secondary N) is 1. The van der Waals surface area contributed by atoms with Crippen molar-refractivity contribution in [2.24, 2.45) is 0 Å². The second-order valence-electron chi connectivity index (χ2n) is 5.63. The van der Waals surface area contributed by atoms with E-state index in [2.05, 4.69) is 12.2 Å². The number of unbranched alkanes of at least 4 members (excludes halogenated alkanes) is 2. The second-order valence-corrected chi connectivity index (χ2v) is 6.04. The van der Waals surface area contributed by atoms with E-state index in [-0.39, 0.29) is 18.4 Å². The van der Waals surface area contributed by atoms with Crippen molar-refractivity contribution in [3.63, 3.8) is 0 Å². The highest BCUT2D eigenvalue weighted by atomic mass is 35.5. The van der Waals surface area contributed by atoms with Crippen LogP contribution in [0.4, 0.5) is 5.69 Å². The molecule has 4 nitrogen and oxygen atoms in total. The Morgan fingerprint density at radius 3 is 2.45 bits per heavy atom. The molecule has 0 spiro atoms. The zero-order valence-corrected chi connectivity index (χ0v) is 14.6. The Hall–Kier alpha value is -1.55. The molecule has 1 rings (SSSR count). The van der Waals surface area contributed by atoms with Crippen LogP contribution in [0.1, 0.15) is 44.2 Å². The van der Waals surface area contributed by atoms with Gasteiger partial charge in [0.2, 0.25) is 11.8 Å². The van der Waals surface area contributed by atoms with E-state index in [0.29, 0.717) is 17.3 Å². The highest BCUT2D eigenvalue weighted by molar-refractivity contribution is 6.34. The van der Waals surface area contributed by atoms with Crippen molar-refractivity contribution in [3.8, 4) is 0 Å². The second kappa shape index (κ2) is 8.79. The number of aryl methyl sites for hydroxylation is 2. The van der Waals surface area contributed by atoms with Gasteiger partial charge in [0.05, 0.1) is 17.3 Å². The quantitative estimate of drug-likeness (QED) is 0.772. The van der Waals surface area contributed by atoms with Crippen molar-refractivity contribution in [1.82, 2.24) is 4.90 Å². The van der Waals surface area contributed by atoms with Gasteiger partial charge in [-0.05, 0) is 37.5 Å². The molecule has 22 heavy (non-hydrogen) atoms. The van der Waals surface area contributed by atoms with E-state index in [1.54, 1.807) is 4.90 Å². The molecule has 122 valence electrons. The molecule has 0 bridgehead atoms. The van der Waals surface area contributed by atoms with Crippen molar-refractivity contribution >= 4 is 29.1 Å². The lowest BCUT2D eigenvalue weighted by Crippen LogP contribution is -2.37. The number of amides is 2. The van der Waals surface area contributed by atoms with Crippen molar-refractivity contribution in [1.29, 1.82) is 0 Å². The molecule has 0 fully saturated rings. The van der Waals surface area contributed by atoms with Crippen LogP contribution in [0.15, 0.2) is 12.1 Å². The first-order valence-corrected chi connectivity index (χ1v) is 8.05. The largest absolute Gasteiger partial charge is 0.334 e. The first-order valence-electron chi connectivity index (χ1n) is 7.67. The van der Waals surface area contributed by atoms with Crippen molar-refractivity contribution in [3.05, 3.63) is 28.3 Å². The lowest BCUT2D eigenvalue weighted by molar-refractivity contribution is -0.132. The Morgan fingerprint density at radius 2 is 1.91 bits per heavy atom. The molecule has 0 atom stereocenters. The number of anilines is 1. The Labute approximate surface area is 137 Å². The summed E-state index contributed by atoms with van der Waals surface area (Å²) in [5.74, 6) is -0.307. The minimum Gasteiger partial charge on any atom is -0.334 e. The molecule has 0 saturated heterocycles. The first-order chi connectivity index (χ1) is 10.3. The molecule has 0 saturated carbocycles. The predicted octanol–water partition coefficient (Wildman–Crippen LogP) is 3.93. The van der Waals surface area contributed by atoms with E-state index in [1.807, 2.05) is 26.0 Å². The number of halogens is 1. The van der Waals surface area contributed by atoms with Gasteiger partial charge in [0, 0.05) is 13.5 Å². The SMILES string of the molecule is CCCCCN(CC(=O)Nc1c(C)cc(C)cc1Cl)C(C)=O. The van der Waals surface area contributed by atoms with Gasteiger partial charge in [-0.25, -0.2) is 0 Å². The van der Waals surface area contributed by atoms with Gasteiger partial charge in [-0.3, -0.25) is 9.59 Å². The van der Waals surface area contributed by atoms with Crippen LogP contribution in [0.5, 0.6) is 0 Å². The number of hydrogen-bond donors (Lipinski definition) is 1. The number of nitrogens with zero attached hydrogens (tertiary/aromatic N) is 1. The molecule has 1 aromatic rings. The molecule has 0 radical (unpaired) electrons. The molecule has 0 aliphatic rings. The maximum absolute atomic E-state index is 12.2. The van der Waals surface area contributed by atoms with E-state index in [0.717, 1.165) is 30.4 Å². The van der Waals surface area contributed by atoms with E-state index in [9.17, 15) is 9.59 Å². The van der Waals surface area contributed by atoms with Crippen LogP contribution in [0.2, 0.25) is 5.02 Å². The summed E-state index contributed by atoms with van der Waals surface area (Å²) in [6.07, 6.45) is 3.04. The highest BCUT2D eigenvalue weighted by Gasteiger charge is 2.15. The Morgan fingerprint density at radius 1 is 1.23 bits per heavy atom. The molecular weight excluding hydrogens is 300 g/mol. The van der Waals surface area contributed by atoms with Crippen LogP contribution in [0, 0.1) is 13.8 Å². The number of carbonyl (C=O) groups excluding carboxylic acids is 2. The van der Waals surface area contributed by atoms with Gasteiger partial charge < -0.3 is 10.2 Å². The third kappa shape index (κ3) is 5.68. The molecule has 0 aliphatic carbocycles. The van der Waals surface area contributed by atoms with Gasteiger partial charge in [0.1, 0.15) is 0 Å². The van der Waals surface area contributed by atoms with Crippen LogP contribution in [0.3, 0.4) is 0 Å². The summed E-state index contributed by atoms with van der Waals surface area (Å²) >= 11 is 6.19. The van der Waals surface area contributed by atoms with Crippen LogP contribution >= 0.6 is 11.6 Å². The van der Waals surface area contributed by atoms with Crippen LogP contribution < -0.4 is 5.32 Å². The average Bonchev–Trinajstić information content (AvgIpc) is 2.41. The van der Waals surface area contributed by atoms with E-state index in [4.69, 9.17) is 11.6 Å². The van der Waals surface area contributed by atoms with Crippen LogP contribution in [-0.2, 0) is 9.59 Å². The number of rotatable bonds is 7. The van der Waals surface area contributed by atoms with Gasteiger partial charge in [-0.15, -0.1) is 0 Å². The molecule has 0 aromatic heterocycles. The fraction of sp³-hybridized carbons (Fsp3) is 0.529. The number of benzene rings is 1. The third-order valence-corrected chi connectivity index (χ3v) is 3.81. The summed E-state index contributed by atoms with van der Waals surface area (Å²) in [4.78, 5) is 25.4. The number of carbonyl (C=O) groups is 2. The molecule has 0 unspecified atom stereocenters. The number of hydrogen-bond acceptors (Lipinski definition) is 2. The highest BCUT2D eigenvalue weighted by Crippen LogP contribution is 2.27. The van der Waals surface area contributed by atoms with Crippen molar-refractivity contribution < 1.29 is 9.59 Å². The maximum atomic E-state index is 12.2. The van der Waals surface area contributed by atoms with E-state index in [1.165, 1.54) is 6.92 Å². The minimum absolute atomic E-state index is 0.0582. The molecule has 1 aromatic carbocycles. The molecule has 2 amide bonds. The zero-order chi connectivity index (χ0) is 16.7. The summed E-state index contributed by atoms with van der Waals surface area (Å²) in [7, 11) is 0. The first kappa shape index (κ1) is 18.5. The third-order valence-electron chi connectivity index (χ3n) is 3.51. The van der Waals surface area contributed by atoms with Crippen LogP contribution in [0.25, 0.3) is 0 Å². The monoisotopic (exact) mass is 324 g/mol. The van der Waals surface area contributed by atoms with Gasteiger partial charge >= 0.3 is 0 Å². The van der Waals surface area contributed by atoms with Gasteiger partial charge in [0.25, 0.3) is 0 Å². The molecule has 0 aliphatic heterocycles. The van der Waals surface area contributed by atoms with Gasteiger partial charge in [-0.1, -0.05) is 37.4 Å². The molecule has 5 heteroatoms. The summed E-state index contributed by atoms with van der Waals surface area (Å²) in [6.45, 7) is 8.12. The fourth-order valence-corrected chi connectivity index (χ4v) is 2.70. The predicted molar refractivity (Wildman–Crippen MR) is 91.3 cm³/mol. The summed E-state index contributed by atoms with van der Waals surface area (Å²) in [5, 5.41) is 3.34. The standard InChI is InChI=1S/C17H25ClN2O2/c1-5-6-7-8-20(14(4)21)11-16(22)19-17-13(3)9-12(2)10-15(17)18/h9-10H,5-8,11H2,1-4H3,(H,19,22). The van der Waals surface area contributed by atoms with E-state index < -0.39 is 0 Å². The lowest BCUT2D eigenvalue weighted by atomic mass is 10.1. The van der Waals surface area contributed by atoms with Crippen LogP contribution in [-0.4, -0.2) is 29.8 Å². The molecule has 1 N–H and O–H groups in total.